The molecule has 3 heterocycles. The Morgan fingerprint density at radius 2 is 1.89 bits per heavy atom. The van der Waals surface area contributed by atoms with Gasteiger partial charge in [-0.25, -0.2) is 22.7 Å². The van der Waals surface area contributed by atoms with Crippen LogP contribution in [-0.2, 0) is 19.6 Å². The van der Waals surface area contributed by atoms with Crippen LogP contribution in [0, 0.1) is 5.92 Å². The molecule has 10 nitrogen and oxygen atoms in total. The van der Waals surface area contributed by atoms with Crippen LogP contribution in [0.4, 0.5) is 11.6 Å². The number of aromatic nitrogens is 2. The van der Waals surface area contributed by atoms with E-state index in [1.807, 2.05) is 6.07 Å². The van der Waals surface area contributed by atoms with E-state index in [1.165, 1.54) is 16.9 Å². The number of amides is 1. The highest BCUT2D eigenvalue weighted by Crippen LogP contribution is 2.19. The second-order valence-corrected chi connectivity index (χ2v) is 9.00. The van der Waals surface area contributed by atoms with E-state index in [9.17, 15) is 13.2 Å². The molecule has 0 spiro atoms. The maximum atomic E-state index is 12.3. The van der Waals surface area contributed by atoms with Crippen molar-refractivity contribution in [3.05, 3.63) is 12.4 Å². The predicted molar refractivity (Wildman–Crippen MR) is 106 cm³/mol. The Morgan fingerprint density at radius 1 is 1.18 bits per heavy atom. The minimum absolute atomic E-state index is 0.0216. The largest absolute Gasteiger partial charge is 0.378 e. The molecule has 0 saturated carbocycles. The van der Waals surface area contributed by atoms with Gasteiger partial charge in [0.25, 0.3) is 0 Å². The number of ether oxygens (including phenoxy) is 1. The normalized spacial score (nSPS) is 19.4. The van der Waals surface area contributed by atoms with Crippen molar-refractivity contribution in [2.24, 2.45) is 5.92 Å². The average Bonchev–Trinajstić information content (AvgIpc) is 2.71. The van der Waals surface area contributed by atoms with E-state index >= 15 is 0 Å². The topological polar surface area (TPSA) is 117 Å². The Kier molecular flexibility index (Phi) is 7.03. The van der Waals surface area contributed by atoms with Crippen LogP contribution in [0.1, 0.15) is 12.8 Å². The smallest absolute Gasteiger partial charge is 0.223 e. The fourth-order valence-corrected chi connectivity index (χ4v) is 4.25. The molecule has 0 radical (unpaired) electrons. The fourth-order valence-electron chi connectivity index (χ4n) is 3.38. The van der Waals surface area contributed by atoms with Gasteiger partial charge in [-0.2, -0.15) is 0 Å². The molecule has 0 unspecified atom stereocenters. The third-order valence-electron chi connectivity index (χ3n) is 5.01. The molecular weight excluding hydrogens is 384 g/mol. The van der Waals surface area contributed by atoms with Crippen molar-refractivity contribution in [1.82, 2.24) is 19.6 Å². The number of carbonyl (C=O) groups is 1. The van der Waals surface area contributed by atoms with Gasteiger partial charge in [0.05, 0.1) is 19.5 Å². The van der Waals surface area contributed by atoms with Crippen molar-refractivity contribution in [3.8, 4) is 0 Å². The van der Waals surface area contributed by atoms with Gasteiger partial charge in [-0.3, -0.25) is 4.79 Å². The molecule has 11 heteroatoms. The molecule has 0 aromatic carbocycles. The van der Waals surface area contributed by atoms with Crippen molar-refractivity contribution in [2.45, 2.75) is 12.8 Å². The summed E-state index contributed by atoms with van der Waals surface area (Å²) in [7, 11) is -3.17. The van der Waals surface area contributed by atoms with Crippen LogP contribution >= 0.6 is 0 Å². The number of carbonyl (C=O) groups excluding carboxylic acids is 1. The summed E-state index contributed by atoms with van der Waals surface area (Å²) in [5.41, 5.74) is 0. The molecule has 2 aliphatic rings. The summed E-state index contributed by atoms with van der Waals surface area (Å²) in [6.45, 7) is 4.84. The first kappa shape index (κ1) is 20.7. The molecule has 3 rings (SSSR count). The number of nitrogens with zero attached hydrogens (tertiary/aromatic N) is 4. The van der Waals surface area contributed by atoms with Gasteiger partial charge in [0.2, 0.25) is 15.9 Å². The van der Waals surface area contributed by atoms with Crippen LogP contribution in [0.3, 0.4) is 0 Å². The number of anilines is 2. The van der Waals surface area contributed by atoms with Crippen LogP contribution < -0.4 is 15.5 Å². The van der Waals surface area contributed by atoms with Crippen molar-refractivity contribution >= 4 is 27.6 Å². The summed E-state index contributed by atoms with van der Waals surface area (Å²) in [5.74, 6) is 1.42. The third-order valence-corrected chi connectivity index (χ3v) is 6.31. The first-order valence-corrected chi connectivity index (χ1v) is 11.4. The van der Waals surface area contributed by atoms with Crippen molar-refractivity contribution in [2.75, 3.05) is 69.0 Å². The number of morpholine rings is 1. The lowest BCUT2D eigenvalue weighted by Crippen LogP contribution is -2.43. The van der Waals surface area contributed by atoms with E-state index < -0.39 is 10.0 Å². The molecule has 2 N–H and O–H groups in total. The summed E-state index contributed by atoms with van der Waals surface area (Å²) >= 11 is 0. The van der Waals surface area contributed by atoms with Gasteiger partial charge < -0.3 is 20.3 Å². The van der Waals surface area contributed by atoms with Gasteiger partial charge >= 0.3 is 0 Å². The number of piperidine rings is 1. The molecule has 2 saturated heterocycles. The monoisotopic (exact) mass is 412 g/mol. The molecule has 28 heavy (non-hydrogen) atoms. The first-order chi connectivity index (χ1) is 13.4. The second-order valence-electron chi connectivity index (χ2n) is 7.01. The number of rotatable bonds is 7. The minimum Gasteiger partial charge on any atom is -0.378 e. The highest BCUT2D eigenvalue weighted by molar-refractivity contribution is 7.88. The van der Waals surface area contributed by atoms with Gasteiger partial charge in [-0.15, -0.1) is 0 Å². The van der Waals surface area contributed by atoms with E-state index in [0.717, 1.165) is 18.9 Å². The molecule has 0 aliphatic carbocycles. The fraction of sp³-hybridized carbons (Fsp3) is 0.706. The molecule has 1 amide bonds. The number of hydrogen-bond donors (Lipinski definition) is 2. The van der Waals surface area contributed by atoms with Crippen molar-refractivity contribution < 1.29 is 17.9 Å². The lowest BCUT2D eigenvalue weighted by atomic mass is 9.97. The summed E-state index contributed by atoms with van der Waals surface area (Å²) < 4.78 is 29.8. The summed E-state index contributed by atoms with van der Waals surface area (Å²) in [6, 6.07) is 1.90. The second kappa shape index (κ2) is 9.48. The van der Waals surface area contributed by atoms with Gasteiger partial charge in [0, 0.05) is 51.3 Å². The zero-order chi connectivity index (χ0) is 20.0. The Hall–Kier alpha value is -1.98. The van der Waals surface area contributed by atoms with Crippen LogP contribution in [0.25, 0.3) is 0 Å². The summed E-state index contributed by atoms with van der Waals surface area (Å²) in [5, 5.41) is 6.11. The lowest BCUT2D eigenvalue weighted by Gasteiger charge is -2.29. The molecule has 0 bridgehead atoms. The predicted octanol–water partition coefficient (Wildman–Crippen LogP) is -0.487. The molecule has 1 aromatic heterocycles. The Labute approximate surface area is 165 Å². The Balaban J connectivity index is 1.38. The molecule has 0 atom stereocenters. The van der Waals surface area contributed by atoms with Crippen molar-refractivity contribution in [1.29, 1.82) is 0 Å². The van der Waals surface area contributed by atoms with Gasteiger partial charge in [0.15, 0.2) is 0 Å². The van der Waals surface area contributed by atoms with E-state index in [0.29, 0.717) is 58.1 Å². The molecule has 1 aromatic rings. The zero-order valence-electron chi connectivity index (χ0n) is 16.1. The quantitative estimate of drug-likeness (QED) is 0.577. The Bertz CT molecular complexity index is 761. The van der Waals surface area contributed by atoms with Crippen LogP contribution in [0.2, 0.25) is 0 Å². The zero-order valence-corrected chi connectivity index (χ0v) is 16.9. The van der Waals surface area contributed by atoms with E-state index in [1.54, 1.807) is 0 Å². The number of hydrogen-bond acceptors (Lipinski definition) is 8. The van der Waals surface area contributed by atoms with Crippen LogP contribution in [-0.4, -0.2) is 87.3 Å². The standard InChI is InChI=1S/C17H28N6O4S/c1-28(25,26)23-6-2-14(3-7-23)17(24)19-5-4-18-15-12-16(21-13-20-15)22-8-10-27-11-9-22/h12-14H,2-11H2,1H3,(H,19,24)(H,18,20,21). The van der Waals surface area contributed by atoms with Gasteiger partial charge in [0.1, 0.15) is 18.0 Å². The van der Waals surface area contributed by atoms with E-state index in [2.05, 4.69) is 25.5 Å². The van der Waals surface area contributed by atoms with Crippen LogP contribution in [0.15, 0.2) is 12.4 Å². The molecule has 2 aliphatic heterocycles. The van der Waals surface area contributed by atoms with Crippen molar-refractivity contribution in [3.63, 3.8) is 0 Å². The molecule has 156 valence electrons. The SMILES string of the molecule is CS(=O)(=O)N1CCC(C(=O)NCCNc2cc(N3CCOCC3)ncn2)CC1. The number of nitrogens with one attached hydrogen (secondary N) is 2. The summed E-state index contributed by atoms with van der Waals surface area (Å²) in [4.78, 5) is 23.0. The maximum Gasteiger partial charge on any atom is 0.223 e. The third kappa shape index (κ3) is 5.76. The maximum absolute atomic E-state index is 12.3. The minimum atomic E-state index is -3.17. The van der Waals surface area contributed by atoms with E-state index in [-0.39, 0.29) is 11.8 Å². The highest BCUT2D eigenvalue weighted by atomic mass is 32.2. The first-order valence-electron chi connectivity index (χ1n) is 9.55. The van der Waals surface area contributed by atoms with E-state index in [4.69, 9.17) is 4.74 Å². The van der Waals surface area contributed by atoms with Gasteiger partial charge in [-0.05, 0) is 12.8 Å². The highest BCUT2D eigenvalue weighted by Gasteiger charge is 2.28. The molecule has 2 fully saturated rings. The lowest BCUT2D eigenvalue weighted by molar-refractivity contribution is -0.126. The average molecular weight is 413 g/mol. The summed E-state index contributed by atoms with van der Waals surface area (Å²) in [6.07, 6.45) is 3.85. The molecular formula is C17H28N6O4S. The number of sulfonamides is 1. The Morgan fingerprint density at radius 3 is 2.57 bits per heavy atom. The van der Waals surface area contributed by atoms with Gasteiger partial charge in [-0.1, -0.05) is 0 Å². The van der Waals surface area contributed by atoms with Crippen LogP contribution in [0.5, 0.6) is 0 Å².